The Morgan fingerprint density at radius 2 is 2.06 bits per heavy atom. The topological polar surface area (TPSA) is 90.5 Å². The first-order valence-electron chi connectivity index (χ1n) is 11.3. The van der Waals surface area contributed by atoms with Crippen molar-refractivity contribution in [1.82, 2.24) is 19.7 Å². The lowest BCUT2D eigenvalue weighted by molar-refractivity contribution is -0.123. The number of hydrogen-bond acceptors (Lipinski definition) is 5. The van der Waals surface area contributed by atoms with E-state index in [1.165, 1.54) is 9.25 Å². The summed E-state index contributed by atoms with van der Waals surface area (Å²) >= 11 is 6.26. The summed E-state index contributed by atoms with van der Waals surface area (Å²) in [5.74, 6) is 0.929. The highest BCUT2D eigenvalue weighted by Gasteiger charge is 2.23. The summed E-state index contributed by atoms with van der Waals surface area (Å²) in [6, 6.07) is 7.47. The van der Waals surface area contributed by atoms with E-state index in [1.807, 2.05) is 31.2 Å². The molecule has 1 aromatic heterocycles. The number of carbonyl (C=O) groups is 1. The fourth-order valence-electron chi connectivity index (χ4n) is 3.60. The molecule has 1 aromatic carbocycles. The highest BCUT2D eigenvalue weighted by atomic mass is 35.5. The van der Waals surface area contributed by atoms with Gasteiger partial charge >= 0.3 is 5.69 Å². The maximum atomic E-state index is 13.4. The van der Waals surface area contributed by atoms with E-state index in [-0.39, 0.29) is 24.6 Å². The largest absolute Gasteiger partial charge is 0.491 e. The first-order chi connectivity index (χ1) is 15.9. The Kier molecular flexibility index (Phi) is 7.13. The van der Waals surface area contributed by atoms with Crippen LogP contribution in [0.3, 0.4) is 0 Å². The number of ether oxygens (including phenoxy) is 1. The van der Waals surface area contributed by atoms with Crippen LogP contribution in [0.5, 0.6) is 5.75 Å². The predicted octanol–water partition coefficient (Wildman–Crippen LogP) is 3.82. The third-order valence-corrected chi connectivity index (χ3v) is 6.06. The number of allylic oxidation sites excluding steroid dienone is 3. The van der Waals surface area contributed by atoms with Crippen LogP contribution in [0, 0.1) is 0 Å². The molecule has 1 N–H and O–H groups in total. The third kappa shape index (κ3) is 5.45. The van der Waals surface area contributed by atoms with Gasteiger partial charge in [-0.1, -0.05) is 18.5 Å². The molecule has 2 aromatic rings. The quantitative estimate of drug-likeness (QED) is 0.636. The summed E-state index contributed by atoms with van der Waals surface area (Å²) in [5.41, 5.74) is 0.957. The molecule has 0 spiro atoms. The monoisotopic (exact) mass is 469 g/mol. The van der Waals surface area contributed by atoms with Crippen molar-refractivity contribution in [2.75, 3.05) is 0 Å². The number of hydrogen-bond donors (Lipinski definition) is 1. The number of halogens is 1. The van der Waals surface area contributed by atoms with Gasteiger partial charge in [0, 0.05) is 35.5 Å². The van der Waals surface area contributed by atoms with E-state index >= 15 is 0 Å². The number of aliphatic imine (C=N–C) groups is 1. The van der Waals surface area contributed by atoms with Crippen LogP contribution in [0.4, 0.5) is 0 Å². The molecule has 8 nitrogen and oxygen atoms in total. The molecule has 2 aliphatic rings. The lowest BCUT2D eigenvalue weighted by Crippen LogP contribution is -2.42. The molecule has 1 aliphatic carbocycles. The van der Waals surface area contributed by atoms with Gasteiger partial charge < -0.3 is 10.1 Å². The molecule has 2 heterocycles. The Labute approximate surface area is 197 Å². The second-order valence-corrected chi connectivity index (χ2v) is 8.85. The van der Waals surface area contributed by atoms with E-state index in [0.29, 0.717) is 23.0 Å². The van der Waals surface area contributed by atoms with Gasteiger partial charge in [-0.25, -0.2) is 14.0 Å². The fraction of sp³-hybridized carbons (Fsp3) is 0.417. The minimum Gasteiger partial charge on any atom is -0.491 e. The molecular weight excluding hydrogens is 442 g/mol. The van der Waals surface area contributed by atoms with E-state index < -0.39 is 5.69 Å². The van der Waals surface area contributed by atoms with Gasteiger partial charge in [-0.3, -0.25) is 9.79 Å². The summed E-state index contributed by atoms with van der Waals surface area (Å²) in [6.45, 7) is 3.92. The van der Waals surface area contributed by atoms with Gasteiger partial charge in [0.05, 0.1) is 11.8 Å². The van der Waals surface area contributed by atoms with Gasteiger partial charge in [0.2, 0.25) is 5.91 Å². The van der Waals surface area contributed by atoms with Gasteiger partial charge in [-0.2, -0.15) is 0 Å². The summed E-state index contributed by atoms with van der Waals surface area (Å²) in [6.07, 6.45) is 9.39. The Bertz CT molecular complexity index is 1160. The van der Waals surface area contributed by atoms with Crippen LogP contribution in [0.25, 0.3) is 11.3 Å². The van der Waals surface area contributed by atoms with E-state index in [0.717, 1.165) is 37.0 Å². The number of amides is 1. The van der Waals surface area contributed by atoms with E-state index in [1.54, 1.807) is 18.5 Å². The summed E-state index contributed by atoms with van der Waals surface area (Å²) in [5, 5.41) is 8.01. The molecule has 4 rings (SSSR count). The molecule has 1 saturated carbocycles. The number of rotatable bonds is 8. The molecule has 0 saturated heterocycles. The lowest BCUT2D eigenvalue weighted by Gasteiger charge is -2.26. The molecule has 1 fully saturated rings. The number of carbonyl (C=O) groups excluding carboxylic acids is 1. The van der Waals surface area contributed by atoms with Crippen LogP contribution in [0.1, 0.15) is 51.8 Å². The average Bonchev–Trinajstić information content (AvgIpc) is 2.93. The van der Waals surface area contributed by atoms with Gasteiger partial charge in [0.15, 0.2) is 5.82 Å². The number of nitrogens with zero attached hydrogens (tertiary/aromatic N) is 4. The predicted molar refractivity (Wildman–Crippen MR) is 129 cm³/mol. The van der Waals surface area contributed by atoms with Crippen molar-refractivity contribution < 1.29 is 9.53 Å². The standard InChI is InChI=1S/C24H28ClN5O3/c1-3-16(2)33-21-9-7-20(8-10-21)30-23(17-11-12-26-14-18(25)13-17)28-29(24(30)32)15-22(31)27-19-5-4-6-19/h7-12,14,16,19H,3-6,13,15H2,1-2H3,(H,27,31). The number of benzene rings is 1. The van der Waals surface area contributed by atoms with Crippen LogP contribution in [-0.2, 0) is 11.3 Å². The number of nitrogens with one attached hydrogen (secondary N) is 1. The fourth-order valence-corrected chi connectivity index (χ4v) is 3.80. The molecule has 0 radical (unpaired) electrons. The summed E-state index contributed by atoms with van der Waals surface area (Å²) < 4.78 is 8.56. The molecule has 1 amide bonds. The van der Waals surface area contributed by atoms with Crippen molar-refractivity contribution in [2.24, 2.45) is 4.99 Å². The lowest BCUT2D eigenvalue weighted by atomic mass is 9.93. The van der Waals surface area contributed by atoms with E-state index in [4.69, 9.17) is 16.3 Å². The van der Waals surface area contributed by atoms with Crippen molar-refractivity contribution in [3.8, 4) is 11.4 Å². The molecule has 9 heteroatoms. The zero-order valence-electron chi connectivity index (χ0n) is 18.8. The second kappa shape index (κ2) is 10.2. The van der Waals surface area contributed by atoms with Crippen LogP contribution in [0.15, 0.2) is 51.4 Å². The minimum absolute atomic E-state index is 0.0930. The van der Waals surface area contributed by atoms with Crippen molar-refractivity contribution in [3.05, 3.63) is 57.9 Å². The maximum absolute atomic E-state index is 13.4. The summed E-state index contributed by atoms with van der Waals surface area (Å²) in [7, 11) is 0. The molecule has 0 bridgehead atoms. The Morgan fingerprint density at radius 3 is 2.73 bits per heavy atom. The van der Waals surface area contributed by atoms with Crippen molar-refractivity contribution in [2.45, 2.75) is 64.6 Å². The molecular formula is C24H28ClN5O3. The highest BCUT2D eigenvalue weighted by molar-refractivity contribution is 6.30. The third-order valence-electron chi connectivity index (χ3n) is 5.83. The van der Waals surface area contributed by atoms with Crippen molar-refractivity contribution in [1.29, 1.82) is 0 Å². The normalized spacial score (nSPS) is 16.9. The van der Waals surface area contributed by atoms with E-state index in [9.17, 15) is 9.59 Å². The number of aromatic nitrogens is 3. The summed E-state index contributed by atoms with van der Waals surface area (Å²) in [4.78, 5) is 29.9. The van der Waals surface area contributed by atoms with Crippen LogP contribution >= 0.6 is 11.6 Å². The zero-order valence-corrected chi connectivity index (χ0v) is 19.6. The smallest absolute Gasteiger partial charge is 0.351 e. The minimum atomic E-state index is -0.397. The van der Waals surface area contributed by atoms with Crippen molar-refractivity contribution in [3.63, 3.8) is 0 Å². The molecule has 1 unspecified atom stereocenters. The second-order valence-electron chi connectivity index (χ2n) is 8.37. The Balaban J connectivity index is 1.69. The van der Waals surface area contributed by atoms with Gasteiger partial charge in [0.1, 0.15) is 12.3 Å². The molecule has 174 valence electrons. The zero-order chi connectivity index (χ0) is 23.4. The van der Waals surface area contributed by atoms with Crippen LogP contribution < -0.4 is 15.7 Å². The van der Waals surface area contributed by atoms with Crippen LogP contribution in [0.2, 0.25) is 0 Å². The molecule has 33 heavy (non-hydrogen) atoms. The molecule has 1 aliphatic heterocycles. The first-order valence-corrected chi connectivity index (χ1v) is 11.7. The first kappa shape index (κ1) is 23.0. The highest BCUT2D eigenvalue weighted by Crippen LogP contribution is 2.26. The van der Waals surface area contributed by atoms with Gasteiger partial charge in [0.25, 0.3) is 0 Å². The van der Waals surface area contributed by atoms with E-state index in [2.05, 4.69) is 22.3 Å². The van der Waals surface area contributed by atoms with Gasteiger partial charge in [-0.05, 0) is 62.9 Å². The maximum Gasteiger partial charge on any atom is 0.351 e. The molecule has 1 atom stereocenters. The Morgan fingerprint density at radius 1 is 1.30 bits per heavy atom. The van der Waals surface area contributed by atoms with Gasteiger partial charge in [-0.15, -0.1) is 5.10 Å². The average molecular weight is 470 g/mol. The SMILES string of the molecule is CCC(C)Oc1ccc(-n2c(C3=CC=NC=C(Cl)C3)nn(CC(=O)NC3CCC3)c2=O)cc1. The van der Waals surface area contributed by atoms with Crippen LogP contribution in [-0.4, -0.2) is 38.6 Å². The van der Waals surface area contributed by atoms with Crippen molar-refractivity contribution >= 4 is 29.3 Å². The Hall–Kier alpha value is -3.13.